The SMILES string of the molecule is O=C(COC(=O)[C@H]1CCC(=O)N1)Nc1cccc(Cl)c1Cl. The van der Waals surface area contributed by atoms with Crippen molar-refractivity contribution in [2.75, 3.05) is 11.9 Å². The molecule has 2 amide bonds. The van der Waals surface area contributed by atoms with E-state index in [9.17, 15) is 14.4 Å². The van der Waals surface area contributed by atoms with Crippen LogP contribution in [0.2, 0.25) is 10.0 Å². The average Bonchev–Trinajstić information content (AvgIpc) is 2.88. The van der Waals surface area contributed by atoms with E-state index < -0.39 is 24.5 Å². The van der Waals surface area contributed by atoms with Gasteiger partial charge in [-0.3, -0.25) is 9.59 Å². The first-order valence-corrected chi connectivity index (χ1v) is 6.93. The zero-order valence-corrected chi connectivity index (χ0v) is 12.3. The van der Waals surface area contributed by atoms with E-state index in [2.05, 4.69) is 10.6 Å². The maximum atomic E-state index is 11.7. The molecule has 1 aliphatic heterocycles. The van der Waals surface area contributed by atoms with Crippen LogP contribution in [0, 0.1) is 0 Å². The van der Waals surface area contributed by atoms with E-state index in [0.717, 1.165) is 0 Å². The third-order valence-corrected chi connectivity index (χ3v) is 3.67. The second-order valence-electron chi connectivity index (χ2n) is 4.42. The van der Waals surface area contributed by atoms with Crippen molar-refractivity contribution in [2.24, 2.45) is 0 Å². The lowest BCUT2D eigenvalue weighted by Gasteiger charge is -2.11. The van der Waals surface area contributed by atoms with Crippen LogP contribution in [0.25, 0.3) is 0 Å². The van der Waals surface area contributed by atoms with E-state index >= 15 is 0 Å². The summed E-state index contributed by atoms with van der Waals surface area (Å²) in [4.78, 5) is 34.3. The van der Waals surface area contributed by atoms with Gasteiger partial charge in [-0.05, 0) is 18.6 Å². The summed E-state index contributed by atoms with van der Waals surface area (Å²) in [5.41, 5.74) is 0.333. The first-order valence-electron chi connectivity index (χ1n) is 6.17. The highest BCUT2D eigenvalue weighted by molar-refractivity contribution is 6.44. The van der Waals surface area contributed by atoms with Gasteiger partial charge in [0.2, 0.25) is 5.91 Å². The molecule has 21 heavy (non-hydrogen) atoms. The summed E-state index contributed by atoms with van der Waals surface area (Å²) in [7, 11) is 0. The lowest BCUT2D eigenvalue weighted by Crippen LogP contribution is -2.36. The van der Waals surface area contributed by atoms with Crippen LogP contribution < -0.4 is 10.6 Å². The number of nitrogens with one attached hydrogen (secondary N) is 2. The average molecular weight is 331 g/mol. The first kappa shape index (κ1) is 15.6. The monoisotopic (exact) mass is 330 g/mol. The Hall–Kier alpha value is -1.79. The summed E-state index contributed by atoms with van der Waals surface area (Å²) in [5.74, 6) is -1.38. The first-order chi connectivity index (χ1) is 9.97. The molecule has 1 aliphatic rings. The molecule has 6 nitrogen and oxygen atoms in total. The fraction of sp³-hybridized carbons (Fsp3) is 0.308. The summed E-state index contributed by atoms with van der Waals surface area (Å²) in [6.07, 6.45) is 0.656. The minimum absolute atomic E-state index is 0.202. The van der Waals surface area contributed by atoms with E-state index in [4.69, 9.17) is 27.9 Å². The summed E-state index contributed by atoms with van der Waals surface area (Å²) < 4.78 is 4.84. The zero-order valence-electron chi connectivity index (χ0n) is 10.8. The summed E-state index contributed by atoms with van der Waals surface area (Å²) in [5, 5.41) is 5.46. The molecule has 1 aromatic carbocycles. The second kappa shape index (κ2) is 6.78. The fourth-order valence-electron chi connectivity index (χ4n) is 1.81. The number of esters is 1. The highest BCUT2D eigenvalue weighted by Crippen LogP contribution is 2.29. The van der Waals surface area contributed by atoms with Gasteiger partial charge in [-0.2, -0.15) is 0 Å². The standard InChI is InChI=1S/C13H12Cl2N2O4/c14-7-2-1-3-8(12(7)15)16-11(19)6-21-13(20)9-4-5-10(18)17-9/h1-3,9H,4-6H2,(H,16,19)(H,17,18)/t9-/m1/s1. The molecule has 1 aromatic rings. The van der Waals surface area contributed by atoms with Gasteiger partial charge in [0.05, 0.1) is 15.7 Å². The Morgan fingerprint density at radius 2 is 2.14 bits per heavy atom. The van der Waals surface area contributed by atoms with Crippen LogP contribution in [0.15, 0.2) is 18.2 Å². The Kier molecular flexibility index (Phi) is 5.03. The Morgan fingerprint density at radius 3 is 2.81 bits per heavy atom. The third kappa shape index (κ3) is 4.09. The molecule has 0 radical (unpaired) electrons. The predicted octanol–water partition coefficient (Wildman–Crippen LogP) is 1.75. The van der Waals surface area contributed by atoms with Crippen molar-refractivity contribution in [3.8, 4) is 0 Å². The van der Waals surface area contributed by atoms with Gasteiger partial charge in [0.15, 0.2) is 6.61 Å². The number of amides is 2. The quantitative estimate of drug-likeness (QED) is 0.824. The summed E-state index contributed by atoms with van der Waals surface area (Å²) in [6, 6.07) is 4.11. The maximum absolute atomic E-state index is 11.7. The van der Waals surface area contributed by atoms with Gasteiger partial charge in [-0.25, -0.2) is 4.79 Å². The van der Waals surface area contributed by atoms with Gasteiger partial charge >= 0.3 is 5.97 Å². The normalized spacial score (nSPS) is 17.2. The molecular formula is C13H12Cl2N2O4. The van der Waals surface area contributed by atoms with Crippen molar-refractivity contribution in [1.29, 1.82) is 0 Å². The lowest BCUT2D eigenvalue weighted by molar-refractivity contribution is -0.149. The number of benzene rings is 1. The predicted molar refractivity (Wildman–Crippen MR) is 77.2 cm³/mol. The van der Waals surface area contributed by atoms with E-state index in [1.54, 1.807) is 18.2 Å². The topological polar surface area (TPSA) is 84.5 Å². The van der Waals surface area contributed by atoms with Crippen molar-refractivity contribution < 1.29 is 19.1 Å². The Morgan fingerprint density at radius 1 is 1.38 bits per heavy atom. The molecule has 2 rings (SSSR count). The Bertz CT molecular complexity index is 592. The van der Waals surface area contributed by atoms with Crippen LogP contribution in [0.4, 0.5) is 5.69 Å². The zero-order chi connectivity index (χ0) is 15.4. The number of halogens is 2. The maximum Gasteiger partial charge on any atom is 0.329 e. The summed E-state index contributed by atoms with van der Waals surface area (Å²) in [6.45, 7) is -0.464. The van der Waals surface area contributed by atoms with Crippen molar-refractivity contribution in [3.05, 3.63) is 28.2 Å². The van der Waals surface area contributed by atoms with Gasteiger partial charge in [-0.15, -0.1) is 0 Å². The van der Waals surface area contributed by atoms with Crippen LogP contribution in [0.5, 0.6) is 0 Å². The van der Waals surface area contributed by atoms with Crippen LogP contribution in [0.1, 0.15) is 12.8 Å². The molecule has 0 unspecified atom stereocenters. The molecular weight excluding hydrogens is 319 g/mol. The van der Waals surface area contributed by atoms with Crippen LogP contribution in [0.3, 0.4) is 0 Å². The number of hydrogen-bond donors (Lipinski definition) is 2. The number of anilines is 1. The number of ether oxygens (including phenoxy) is 1. The van der Waals surface area contributed by atoms with Crippen molar-refractivity contribution >= 4 is 46.7 Å². The van der Waals surface area contributed by atoms with E-state index in [1.807, 2.05) is 0 Å². The van der Waals surface area contributed by atoms with Crippen LogP contribution in [-0.4, -0.2) is 30.4 Å². The molecule has 0 aromatic heterocycles. The van der Waals surface area contributed by atoms with Crippen LogP contribution >= 0.6 is 23.2 Å². The smallest absolute Gasteiger partial charge is 0.329 e. The van der Waals surface area contributed by atoms with Crippen molar-refractivity contribution in [1.82, 2.24) is 5.32 Å². The third-order valence-electron chi connectivity index (χ3n) is 2.85. The molecule has 112 valence electrons. The van der Waals surface area contributed by atoms with Crippen molar-refractivity contribution in [2.45, 2.75) is 18.9 Å². The van der Waals surface area contributed by atoms with E-state index in [-0.39, 0.29) is 17.4 Å². The number of carbonyl (C=O) groups excluding carboxylic acids is 3. The van der Waals surface area contributed by atoms with Gasteiger partial charge in [0.25, 0.3) is 5.91 Å². The molecule has 0 spiro atoms. The number of rotatable bonds is 4. The fourth-order valence-corrected chi connectivity index (χ4v) is 2.16. The molecule has 0 aliphatic carbocycles. The summed E-state index contributed by atoms with van der Waals surface area (Å²) >= 11 is 11.7. The van der Waals surface area contributed by atoms with Crippen molar-refractivity contribution in [3.63, 3.8) is 0 Å². The molecule has 1 saturated heterocycles. The van der Waals surface area contributed by atoms with Gasteiger partial charge in [0.1, 0.15) is 6.04 Å². The van der Waals surface area contributed by atoms with Crippen LogP contribution in [-0.2, 0) is 19.1 Å². The second-order valence-corrected chi connectivity index (χ2v) is 5.20. The Balaban J connectivity index is 1.83. The molecule has 1 fully saturated rings. The number of carbonyl (C=O) groups is 3. The largest absolute Gasteiger partial charge is 0.454 e. The molecule has 2 N–H and O–H groups in total. The van der Waals surface area contributed by atoms with E-state index in [0.29, 0.717) is 17.1 Å². The van der Waals surface area contributed by atoms with E-state index in [1.165, 1.54) is 0 Å². The van der Waals surface area contributed by atoms with Gasteiger partial charge in [0, 0.05) is 6.42 Å². The molecule has 8 heteroatoms. The van der Waals surface area contributed by atoms with Gasteiger partial charge < -0.3 is 15.4 Å². The molecule has 1 heterocycles. The number of hydrogen-bond acceptors (Lipinski definition) is 4. The Labute approximate surface area is 130 Å². The lowest BCUT2D eigenvalue weighted by atomic mass is 10.2. The molecule has 0 saturated carbocycles. The molecule has 1 atom stereocenters. The van der Waals surface area contributed by atoms with Gasteiger partial charge in [-0.1, -0.05) is 29.3 Å². The minimum atomic E-state index is -0.681. The highest BCUT2D eigenvalue weighted by Gasteiger charge is 2.28. The minimum Gasteiger partial charge on any atom is -0.454 e. The molecule has 0 bridgehead atoms. The highest BCUT2D eigenvalue weighted by atomic mass is 35.5.